The van der Waals surface area contributed by atoms with Gasteiger partial charge in [-0.15, -0.1) is 0 Å². The van der Waals surface area contributed by atoms with Gasteiger partial charge in [0.25, 0.3) is 0 Å². The van der Waals surface area contributed by atoms with E-state index in [4.69, 9.17) is 5.73 Å². The van der Waals surface area contributed by atoms with Gasteiger partial charge in [0.2, 0.25) is 5.91 Å². The molecule has 0 aromatic heterocycles. The van der Waals surface area contributed by atoms with Crippen molar-refractivity contribution in [1.82, 2.24) is 5.32 Å². The topological polar surface area (TPSA) is 75.3 Å². The Kier molecular flexibility index (Phi) is 5.02. The summed E-state index contributed by atoms with van der Waals surface area (Å²) in [4.78, 5) is 11.8. The first-order chi connectivity index (χ1) is 9.97. The van der Waals surface area contributed by atoms with Crippen LogP contribution in [0.15, 0.2) is 30.3 Å². The number of anilines is 1. The fraction of sp³-hybridized carbons (Fsp3) is 0.471. The third-order valence-electron chi connectivity index (χ3n) is 4.02. The largest absolute Gasteiger partial charge is 0.399 e. The van der Waals surface area contributed by atoms with Crippen molar-refractivity contribution in [3.05, 3.63) is 35.9 Å². The van der Waals surface area contributed by atoms with Crippen LogP contribution in [0, 0.1) is 5.92 Å². The maximum absolute atomic E-state index is 11.8. The third-order valence-corrected chi connectivity index (χ3v) is 4.02. The Hall–Kier alpha value is -1.81. The van der Waals surface area contributed by atoms with Crippen molar-refractivity contribution < 1.29 is 9.90 Å². The Morgan fingerprint density at radius 2 is 2.19 bits per heavy atom. The smallest absolute Gasteiger partial charge is 0.244 e. The summed E-state index contributed by atoms with van der Waals surface area (Å²) in [6.45, 7) is 2.47. The van der Waals surface area contributed by atoms with Gasteiger partial charge in [-0.1, -0.05) is 31.9 Å². The van der Waals surface area contributed by atoms with Crippen molar-refractivity contribution in [3.63, 3.8) is 0 Å². The van der Waals surface area contributed by atoms with Crippen LogP contribution >= 0.6 is 0 Å². The second-order valence-corrected chi connectivity index (χ2v) is 6.14. The van der Waals surface area contributed by atoms with Crippen molar-refractivity contribution in [2.45, 2.75) is 38.2 Å². The summed E-state index contributed by atoms with van der Waals surface area (Å²) in [5.41, 5.74) is 6.48. The van der Waals surface area contributed by atoms with Gasteiger partial charge >= 0.3 is 0 Å². The quantitative estimate of drug-likeness (QED) is 0.588. The second kappa shape index (κ2) is 6.76. The lowest BCUT2D eigenvalue weighted by atomic mass is 9.79. The molecular formula is C17H24N2O2. The van der Waals surface area contributed by atoms with E-state index in [9.17, 15) is 9.90 Å². The molecule has 2 unspecified atom stereocenters. The van der Waals surface area contributed by atoms with Gasteiger partial charge in [0.1, 0.15) is 0 Å². The zero-order valence-corrected chi connectivity index (χ0v) is 12.5. The highest BCUT2D eigenvalue weighted by Gasteiger charge is 2.32. The van der Waals surface area contributed by atoms with E-state index in [1.165, 1.54) is 6.08 Å². The Morgan fingerprint density at radius 3 is 2.86 bits per heavy atom. The minimum Gasteiger partial charge on any atom is -0.399 e. The number of carbonyl (C=O) groups is 1. The molecule has 0 saturated heterocycles. The molecule has 0 aliphatic heterocycles. The summed E-state index contributed by atoms with van der Waals surface area (Å²) in [7, 11) is 0. The highest BCUT2D eigenvalue weighted by Crippen LogP contribution is 2.31. The van der Waals surface area contributed by atoms with Crippen LogP contribution in [-0.2, 0) is 4.79 Å². The standard InChI is InChI=1S/C17H24N2O2/c1-13-3-2-10-17(21,11-13)12-19-16(20)9-6-14-4-7-15(18)8-5-14/h4-9,13,21H,2-3,10-12,18H2,1H3,(H,19,20)/b9-6+. The molecule has 1 saturated carbocycles. The number of carbonyl (C=O) groups excluding carboxylic acids is 1. The van der Waals surface area contributed by atoms with E-state index in [-0.39, 0.29) is 5.91 Å². The summed E-state index contributed by atoms with van der Waals surface area (Å²) in [6, 6.07) is 7.30. The summed E-state index contributed by atoms with van der Waals surface area (Å²) < 4.78 is 0. The van der Waals surface area contributed by atoms with Crippen LogP contribution in [0.2, 0.25) is 0 Å². The van der Waals surface area contributed by atoms with Crippen LogP contribution in [0.5, 0.6) is 0 Å². The fourth-order valence-electron chi connectivity index (χ4n) is 2.88. The maximum atomic E-state index is 11.8. The average Bonchev–Trinajstić information content (AvgIpc) is 2.44. The van der Waals surface area contributed by atoms with Crippen molar-refractivity contribution >= 4 is 17.7 Å². The summed E-state index contributed by atoms with van der Waals surface area (Å²) in [5.74, 6) is 0.337. The monoisotopic (exact) mass is 288 g/mol. The Bertz CT molecular complexity index is 510. The molecule has 4 heteroatoms. The molecule has 1 amide bonds. The van der Waals surface area contributed by atoms with E-state index >= 15 is 0 Å². The molecule has 114 valence electrons. The van der Waals surface area contributed by atoms with Crippen LogP contribution in [0.1, 0.15) is 38.2 Å². The number of hydrogen-bond donors (Lipinski definition) is 3. The van der Waals surface area contributed by atoms with E-state index in [1.807, 2.05) is 12.1 Å². The predicted octanol–water partition coefficient (Wildman–Crippen LogP) is 2.34. The molecule has 1 aliphatic carbocycles. The number of rotatable bonds is 4. The molecular weight excluding hydrogens is 264 g/mol. The summed E-state index contributed by atoms with van der Waals surface area (Å²) in [5, 5.41) is 13.2. The van der Waals surface area contributed by atoms with E-state index in [0.717, 1.165) is 31.2 Å². The van der Waals surface area contributed by atoms with Crippen molar-refractivity contribution in [2.24, 2.45) is 5.92 Å². The molecule has 1 fully saturated rings. The molecule has 21 heavy (non-hydrogen) atoms. The van der Waals surface area contributed by atoms with Crippen molar-refractivity contribution in [3.8, 4) is 0 Å². The number of hydrogen-bond acceptors (Lipinski definition) is 3. The molecule has 4 nitrogen and oxygen atoms in total. The predicted molar refractivity (Wildman–Crippen MR) is 85.5 cm³/mol. The first-order valence-corrected chi connectivity index (χ1v) is 7.51. The highest BCUT2D eigenvalue weighted by atomic mass is 16.3. The molecule has 0 spiro atoms. The van der Waals surface area contributed by atoms with Gasteiger partial charge < -0.3 is 16.2 Å². The molecule has 1 aliphatic rings. The molecule has 0 radical (unpaired) electrons. The molecule has 4 N–H and O–H groups in total. The van der Waals surface area contributed by atoms with Gasteiger partial charge in [-0.2, -0.15) is 0 Å². The molecule has 2 rings (SSSR count). The van der Waals surface area contributed by atoms with Gasteiger partial charge in [-0.3, -0.25) is 4.79 Å². The number of amides is 1. The fourth-order valence-corrected chi connectivity index (χ4v) is 2.88. The van der Waals surface area contributed by atoms with Gasteiger partial charge in [-0.25, -0.2) is 0 Å². The minimum atomic E-state index is -0.748. The molecule has 1 aromatic rings. The molecule has 0 heterocycles. The zero-order chi connectivity index (χ0) is 15.3. The summed E-state index contributed by atoms with van der Waals surface area (Å²) in [6.07, 6.45) is 6.93. The number of nitrogens with two attached hydrogens (primary N) is 1. The zero-order valence-electron chi connectivity index (χ0n) is 12.5. The van der Waals surface area contributed by atoms with E-state index in [1.54, 1.807) is 18.2 Å². The van der Waals surface area contributed by atoms with E-state index in [0.29, 0.717) is 18.2 Å². The first kappa shape index (κ1) is 15.6. The normalized spacial score (nSPS) is 25.9. The number of nitrogens with one attached hydrogen (secondary N) is 1. The molecule has 1 aromatic carbocycles. The van der Waals surface area contributed by atoms with Gasteiger partial charge in [0.05, 0.1) is 5.60 Å². The van der Waals surface area contributed by atoms with Crippen LogP contribution in [0.25, 0.3) is 6.08 Å². The third kappa shape index (κ3) is 4.90. The average molecular weight is 288 g/mol. The Balaban J connectivity index is 1.83. The second-order valence-electron chi connectivity index (χ2n) is 6.14. The number of nitrogen functional groups attached to an aromatic ring is 1. The van der Waals surface area contributed by atoms with Crippen LogP contribution in [0.3, 0.4) is 0 Å². The van der Waals surface area contributed by atoms with E-state index < -0.39 is 5.60 Å². The molecule has 0 bridgehead atoms. The Morgan fingerprint density at radius 1 is 1.48 bits per heavy atom. The number of aliphatic hydroxyl groups is 1. The minimum absolute atomic E-state index is 0.182. The Labute approximate surface area is 126 Å². The van der Waals surface area contributed by atoms with Crippen LogP contribution in [0.4, 0.5) is 5.69 Å². The van der Waals surface area contributed by atoms with Gasteiger partial charge in [0.15, 0.2) is 0 Å². The van der Waals surface area contributed by atoms with Gasteiger partial charge in [-0.05, 0) is 42.5 Å². The maximum Gasteiger partial charge on any atom is 0.244 e. The van der Waals surface area contributed by atoms with E-state index in [2.05, 4.69) is 12.2 Å². The lowest BCUT2D eigenvalue weighted by Gasteiger charge is -2.35. The SMILES string of the molecule is CC1CCCC(O)(CNC(=O)/C=C/c2ccc(N)cc2)C1. The lowest BCUT2D eigenvalue weighted by Crippen LogP contribution is -2.45. The van der Waals surface area contributed by atoms with Crippen LogP contribution < -0.4 is 11.1 Å². The summed E-state index contributed by atoms with van der Waals surface area (Å²) >= 11 is 0. The molecule has 2 atom stereocenters. The highest BCUT2D eigenvalue weighted by molar-refractivity contribution is 5.91. The number of benzene rings is 1. The van der Waals surface area contributed by atoms with Crippen molar-refractivity contribution in [1.29, 1.82) is 0 Å². The first-order valence-electron chi connectivity index (χ1n) is 7.51. The lowest BCUT2D eigenvalue weighted by molar-refractivity contribution is -0.118. The van der Waals surface area contributed by atoms with Crippen molar-refractivity contribution in [2.75, 3.05) is 12.3 Å². The van der Waals surface area contributed by atoms with Gasteiger partial charge in [0, 0.05) is 18.3 Å². The van der Waals surface area contributed by atoms with Crippen LogP contribution in [-0.4, -0.2) is 23.2 Å².